The Kier molecular flexibility index (Phi) is 7.18. The van der Waals surface area contributed by atoms with Gasteiger partial charge in [-0.15, -0.1) is 10.2 Å². The van der Waals surface area contributed by atoms with E-state index in [9.17, 15) is 0 Å². The molecule has 6 heteroatoms. The molecule has 0 radical (unpaired) electrons. The van der Waals surface area contributed by atoms with Crippen molar-refractivity contribution in [2.24, 2.45) is 4.99 Å². The normalized spacial score (nSPS) is 12.3. The highest BCUT2D eigenvalue weighted by Gasteiger charge is 2.12. The molecule has 2 N–H and O–H groups in total. The van der Waals surface area contributed by atoms with Crippen LogP contribution < -0.4 is 10.6 Å². The van der Waals surface area contributed by atoms with Crippen LogP contribution in [0.4, 0.5) is 0 Å². The summed E-state index contributed by atoms with van der Waals surface area (Å²) >= 11 is 0. The lowest BCUT2D eigenvalue weighted by Crippen LogP contribution is -2.38. The van der Waals surface area contributed by atoms with Gasteiger partial charge in [-0.2, -0.15) is 0 Å². The van der Waals surface area contributed by atoms with Crippen LogP contribution in [0.25, 0.3) is 0 Å². The van der Waals surface area contributed by atoms with Crippen molar-refractivity contribution >= 4 is 5.96 Å². The third-order valence-electron chi connectivity index (χ3n) is 4.24. The molecule has 1 aromatic heterocycles. The van der Waals surface area contributed by atoms with Crippen molar-refractivity contribution in [1.82, 2.24) is 25.4 Å². The molecule has 142 valence electrons. The molecule has 0 amide bonds. The van der Waals surface area contributed by atoms with Crippen LogP contribution in [-0.4, -0.2) is 33.8 Å². The van der Waals surface area contributed by atoms with Gasteiger partial charge in [-0.25, -0.2) is 4.99 Å². The Hall–Kier alpha value is -2.37. The van der Waals surface area contributed by atoms with Crippen molar-refractivity contribution in [2.45, 2.75) is 59.5 Å². The number of aryl methyl sites for hydroxylation is 1. The highest BCUT2D eigenvalue weighted by molar-refractivity contribution is 5.79. The molecular formula is C20H32N6. The lowest BCUT2D eigenvalue weighted by Gasteiger charge is -2.19. The Bertz CT molecular complexity index is 694. The van der Waals surface area contributed by atoms with Crippen LogP contribution in [0.1, 0.15) is 51.6 Å². The Morgan fingerprint density at radius 1 is 1.12 bits per heavy atom. The highest BCUT2D eigenvalue weighted by atomic mass is 15.3. The summed E-state index contributed by atoms with van der Waals surface area (Å²) < 4.78 is 2.07. The van der Waals surface area contributed by atoms with Gasteiger partial charge in [0.2, 0.25) is 0 Å². The molecular weight excluding hydrogens is 324 g/mol. The van der Waals surface area contributed by atoms with Crippen LogP contribution in [0.5, 0.6) is 0 Å². The summed E-state index contributed by atoms with van der Waals surface area (Å²) in [6.45, 7) is 13.9. The zero-order valence-corrected chi connectivity index (χ0v) is 16.7. The standard InChI is InChI=1S/C20H32N6/c1-6-18-25-24-15-26(18)13-12-22-19(21-7-2)23-14-16-8-10-17(11-9-16)20(3,4)5/h8-11,15H,6-7,12-14H2,1-5H3,(H2,21,22,23). The van der Waals surface area contributed by atoms with E-state index in [1.165, 1.54) is 11.1 Å². The Morgan fingerprint density at radius 3 is 2.46 bits per heavy atom. The molecule has 6 nitrogen and oxygen atoms in total. The number of aromatic nitrogens is 3. The van der Waals surface area contributed by atoms with E-state index >= 15 is 0 Å². The first-order valence-electron chi connectivity index (χ1n) is 9.42. The molecule has 0 saturated heterocycles. The fourth-order valence-electron chi connectivity index (χ4n) is 2.66. The lowest BCUT2D eigenvalue weighted by atomic mass is 9.87. The molecule has 0 saturated carbocycles. The summed E-state index contributed by atoms with van der Waals surface area (Å²) in [5.41, 5.74) is 2.73. The van der Waals surface area contributed by atoms with Gasteiger partial charge in [-0.3, -0.25) is 0 Å². The molecule has 0 aliphatic carbocycles. The molecule has 26 heavy (non-hydrogen) atoms. The number of aliphatic imine (C=N–C) groups is 1. The fraction of sp³-hybridized carbons (Fsp3) is 0.550. The molecule has 2 aromatic rings. The molecule has 2 rings (SSSR count). The smallest absolute Gasteiger partial charge is 0.191 e. The van der Waals surface area contributed by atoms with Gasteiger partial charge < -0.3 is 15.2 Å². The van der Waals surface area contributed by atoms with Gasteiger partial charge in [-0.1, -0.05) is 52.0 Å². The van der Waals surface area contributed by atoms with Crippen LogP contribution in [0.15, 0.2) is 35.6 Å². The van der Waals surface area contributed by atoms with E-state index in [0.717, 1.165) is 37.8 Å². The van der Waals surface area contributed by atoms with E-state index in [-0.39, 0.29) is 5.41 Å². The zero-order valence-electron chi connectivity index (χ0n) is 16.7. The van der Waals surface area contributed by atoms with E-state index in [1.54, 1.807) is 6.33 Å². The summed E-state index contributed by atoms with van der Waals surface area (Å²) in [4.78, 5) is 4.69. The number of nitrogens with one attached hydrogen (secondary N) is 2. The minimum absolute atomic E-state index is 0.178. The maximum atomic E-state index is 4.69. The van der Waals surface area contributed by atoms with Crippen molar-refractivity contribution in [1.29, 1.82) is 0 Å². The summed E-state index contributed by atoms with van der Waals surface area (Å²) in [5, 5.41) is 14.7. The van der Waals surface area contributed by atoms with E-state index in [0.29, 0.717) is 6.54 Å². The van der Waals surface area contributed by atoms with Gasteiger partial charge >= 0.3 is 0 Å². The third-order valence-corrected chi connectivity index (χ3v) is 4.24. The maximum Gasteiger partial charge on any atom is 0.191 e. The van der Waals surface area contributed by atoms with Gasteiger partial charge in [0, 0.05) is 26.1 Å². The minimum Gasteiger partial charge on any atom is -0.357 e. The van der Waals surface area contributed by atoms with Crippen LogP contribution in [0, 0.1) is 0 Å². The largest absolute Gasteiger partial charge is 0.357 e. The van der Waals surface area contributed by atoms with Crippen molar-refractivity contribution in [3.05, 3.63) is 47.5 Å². The monoisotopic (exact) mass is 356 g/mol. The number of nitrogens with zero attached hydrogens (tertiary/aromatic N) is 4. The molecule has 0 atom stereocenters. The average Bonchev–Trinajstić information content (AvgIpc) is 3.07. The quantitative estimate of drug-likeness (QED) is 0.591. The van der Waals surface area contributed by atoms with Crippen molar-refractivity contribution in [3.8, 4) is 0 Å². The fourth-order valence-corrected chi connectivity index (χ4v) is 2.66. The second-order valence-electron chi connectivity index (χ2n) is 7.36. The number of hydrogen-bond donors (Lipinski definition) is 2. The van der Waals surface area contributed by atoms with E-state index in [4.69, 9.17) is 4.99 Å². The Balaban J connectivity index is 1.91. The van der Waals surface area contributed by atoms with Crippen LogP contribution in [0.3, 0.4) is 0 Å². The minimum atomic E-state index is 0.178. The topological polar surface area (TPSA) is 67.1 Å². The highest BCUT2D eigenvalue weighted by Crippen LogP contribution is 2.22. The summed E-state index contributed by atoms with van der Waals surface area (Å²) in [6.07, 6.45) is 2.67. The molecule has 0 spiro atoms. The maximum absolute atomic E-state index is 4.69. The Labute approximate surface area is 157 Å². The zero-order chi connectivity index (χ0) is 19.0. The van der Waals surface area contributed by atoms with Crippen LogP contribution in [-0.2, 0) is 24.9 Å². The van der Waals surface area contributed by atoms with Crippen molar-refractivity contribution < 1.29 is 0 Å². The van der Waals surface area contributed by atoms with Crippen LogP contribution >= 0.6 is 0 Å². The number of benzene rings is 1. The predicted octanol–water partition coefficient (Wildman–Crippen LogP) is 2.89. The van der Waals surface area contributed by atoms with Gasteiger partial charge in [-0.05, 0) is 23.5 Å². The van der Waals surface area contributed by atoms with Gasteiger partial charge in [0.1, 0.15) is 12.2 Å². The summed E-state index contributed by atoms with van der Waals surface area (Å²) in [7, 11) is 0. The lowest BCUT2D eigenvalue weighted by molar-refractivity contribution is 0.590. The molecule has 0 fully saturated rings. The number of guanidine groups is 1. The van der Waals surface area contributed by atoms with Gasteiger partial charge in [0.25, 0.3) is 0 Å². The van der Waals surface area contributed by atoms with Crippen LogP contribution in [0.2, 0.25) is 0 Å². The average molecular weight is 357 g/mol. The summed E-state index contributed by atoms with van der Waals surface area (Å²) in [5.74, 6) is 1.84. The predicted molar refractivity (Wildman–Crippen MR) is 107 cm³/mol. The molecule has 0 bridgehead atoms. The first-order chi connectivity index (χ1) is 12.4. The first-order valence-corrected chi connectivity index (χ1v) is 9.42. The first kappa shape index (κ1) is 19.9. The van der Waals surface area contributed by atoms with E-state index in [1.807, 2.05) is 0 Å². The molecule has 1 aromatic carbocycles. The number of hydrogen-bond acceptors (Lipinski definition) is 3. The Morgan fingerprint density at radius 2 is 1.85 bits per heavy atom. The van der Waals surface area contributed by atoms with Gasteiger partial charge in [0.05, 0.1) is 6.54 Å². The number of rotatable bonds is 7. The molecule has 1 heterocycles. The molecule has 0 aliphatic rings. The molecule has 0 unspecified atom stereocenters. The van der Waals surface area contributed by atoms with E-state index in [2.05, 4.69) is 84.3 Å². The van der Waals surface area contributed by atoms with Crippen molar-refractivity contribution in [3.63, 3.8) is 0 Å². The third kappa shape index (κ3) is 5.86. The van der Waals surface area contributed by atoms with Gasteiger partial charge in [0.15, 0.2) is 5.96 Å². The SMILES string of the molecule is CCNC(=NCc1ccc(C(C)(C)C)cc1)NCCn1cnnc1CC. The van der Waals surface area contributed by atoms with E-state index < -0.39 is 0 Å². The second kappa shape index (κ2) is 9.36. The van der Waals surface area contributed by atoms with Crippen molar-refractivity contribution in [2.75, 3.05) is 13.1 Å². The summed E-state index contributed by atoms with van der Waals surface area (Å²) in [6, 6.07) is 8.73. The molecule has 0 aliphatic heterocycles. The second-order valence-corrected chi connectivity index (χ2v) is 7.36.